The summed E-state index contributed by atoms with van der Waals surface area (Å²) in [5.41, 5.74) is 2.23. The van der Waals surface area contributed by atoms with Gasteiger partial charge in [0.05, 0.1) is 34.8 Å². The Bertz CT molecular complexity index is 1010. The highest BCUT2D eigenvalue weighted by Crippen LogP contribution is 2.41. The van der Waals surface area contributed by atoms with Crippen LogP contribution >= 0.6 is 0 Å². The van der Waals surface area contributed by atoms with Gasteiger partial charge in [-0.3, -0.25) is 4.21 Å². The molecule has 27 heavy (non-hydrogen) atoms. The van der Waals surface area contributed by atoms with Crippen LogP contribution in [0.25, 0.3) is 22.8 Å². The zero-order valence-electron chi connectivity index (χ0n) is 14.5. The van der Waals surface area contributed by atoms with Gasteiger partial charge in [-0.2, -0.15) is 0 Å². The fourth-order valence-electron chi connectivity index (χ4n) is 3.26. The van der Waals surface area contributed by atoms with Crippen LogP contribution in [0.15, 0.2) is 46.0 Å². The molecule has 0 saturated heterocycles. The van der Waals surface area contributed by atoms with Gasteiger partial charge in [0.1, 0.15) is 17.0 Å². The monoisotopic (exact) mass is 382 g/mol. The van der Waals surface area contributed by atoms with Crippen molar-refractivity contribution in [1.82, 2.24) is 15.0 Å². The molecule has 3 aromatic rings. The average Bonchev–Trinajstić information content (AvgIpc) is 3.08. The number of aryl methyl sites for hydroxylation is 1. The maximum absolute atomic E-state index is 12.4. The Balaban J connectivity index is 1.54. The van der Waals surface area contributed by atoms with Crippen LogP contribution in [0.5, 0.6) is 0 Å². The summed E-state index contributed by atoms with van der Waals surface area (Å²) in [4.78, 5) is 14.2. The molecule has 2 aromatic heterocycles. The summed E-state index contributed by atoms with van der Waals surface area (Å²) in [5, 5.41) is 13.0. The number of fused-ring (bicyclic) bond motifs is 1. The normalized spacial score (nSPS) is 19.7. The molecule has 1 fully saturated rings. The molecule has 0 bridgehead atoms. The van der Waals surface area contributed by atoms with E-state index in [9.17, 15) is 9.32 Å². The number of hydrogen-bond acceptors (Lipinski definition) is 7. The van der Waals surface area contributed by atoms with Crippen molar-refractivity contribution in [3.8, 4) is 22.8 Å². The van der Waals surface area contributed by atoms with E-state index in [0.717, 1.165) is 29.7 Å². The second kappa shape index (κ2) is 6.24. The van der Waals surface area contributed by atoms with E-state index >= 15 is 0 Å². The lowest BCUT2D eigenvalue weighted by Gasteiger charge is -2.18. The molecule has 3 heterocycles. The van der Waals surface area contributed by atoms with E-state index in [0.29, 0.717) is 34.6 Å². The van der Waals surface area contributed by atoms with Gasteiger partial charge in [-0.25, -0.2) is 15.0 Å². The molecule has 8 heteroatoms. The summed E-state index contributed by atoms with van der Waals surface area (Å²) in [6, 6.07) is 7.68. The maximum atomic E-state index is 12.4. The number of hydrogen-bond donors (Lipinski definition) is 2. The third-order valence-electron chi connectivity index (χ3n) is 5.05. The summed E-state index contributed by atoms with van der Waals surface area (Å²) in [6.45, 7) is 0.0403. The van der Waals surface area contributed by atoms with Crippen molar-refractivity contribution >= 4 is 16.6 Å². The first-order chi connectivity index (χ1) is 13.2. The van der Waals surface area contributed by atoms with Crippen LogP contribution in [-0.4, -0.2) is 42.2 Å². The summed E-state index contributed by atoms with van der Waals surface area (Å²) in [7, 11) is -1.10. The number of anilines is 1. The summed E-state index contributed by atoms with van der Waals surface area (Å²) < 4.78 is 17.7. The second-order valence-electron chi connectivity index (χ2n) is 6.95. The van der Waals surface area contributed by atoms with Crippen molar-refractivity contribution < 1.29 is 13.7 Å². The molecule has 138 valence electrons. The third kappa shape index (κ3) is 2.94. The molecule has 0 unspecified atom stereocenters. The predicted molar refractivity (Wildman–Crippen MR) is 101 cm³/mol. The zero-order valence-corrected chi connectivity index (χ0v) is 15.3. The van der Waals surface area contributed by atoms with E-state index in [1.54, 1.807) is 12.5 Å². The van der Waals surface area contributed by atoms with E-state index in [4.69, 9.17) is 4.42 Å². The minimum absolute atomic E-state index is 0.0403. The molecule has 1 aromatic carbocycles. The Hall–Kier alpha value is -2.58. The van der Waals surface area contributed by atoms with Gasteiger partial charge in [0, 0.05) is 23.3 Å². The van der Waals surface area contributed by atoms with Crippen LogP contribution in [0.1, 0.15) is 18.5 Å². The molecule has 1 saturated carbocycles. The topological polar surface area (TPSA) is 101 Å². The van der Waals surface area contributed by atoms with Crippen molar-refractivity contribution in [3.05, 3.63) is 42.4 Å². The molecule has 1 aliphatic heterocycles. The molecule has 2 aliphatic rings. The van der Waals surface area contributed by atoms with Crippen LogP contribution in [0.2, 0.25) is 0 Å². The SMILES string of the molecule is O=[S@]1CCc2nc(-c3ccc(-c4ncco4)cc3)nc(NC3(CO)CC3)c21. The highest BCUT2D eigenvalue weighted by Gasteiger charge is 2.43. The number of rotatable bonds is 5. The number of aromatic nitrogens is 3. The first-order valence-corrected chi connectivity index (χ1v) is 10.2. The number of nitrogens with one attached hydrogen (secondary N) is 1. The van der Waals surface area contributed by atoms with Crippen LogP contribution < -0.4 is 5.32 Å². The number of nitrogens with zero attached hydrogens (tertiary/aromatic N) is 3. The Morgan fingerprint density at radius 2 is 1.96 bits per heavy atom. The Morgan fingerprint density at radius 3 is 2.63 bits per heavy atom. The van der Waals surface area contributed by atoms with Gasteiger partial charge in [-0.15, -0.1) is 0 Å². The number of benzene rings is 1. The highest BCUT2D eigenvalue weighted by molar-refractivity contribution is 7.85. The lowest BCUT2D eigenvalue weighted by molar-refractivity contribution is 0.265. The van der Waals surface area contributed by atoms with Gasteiger partial charge in [-0.1, -0.05) is 12.1 Å². The lowest BCUT2D eigenvalue weighted by Crippen LogP contribution is -2.27. The Morgan fingerprint density at radius 1 is 1.19 bits per heavy atom. The third-order valence-corrected chi connectivity index (χ3v) is 6.51. The largest absolute Gasteiger partial charge is 0.445 e. The number of aliphatic hydroxyl groups is 1. The van der Waals surface area contributed by atoms with Crippen molar-refractivity contribution in [2.45, 2.75) is 29.7 Å². The van der Waals surface area contributed by atoms with Crippen LogP contribution in [-0.2, 0) is 17.2 Å². The maximum Gasteiger partial charge on any atom is 0.225 e. The first-order valence-electron chi connectivity index (χ1n) is 8.86. The highest BCUT2D eigenvalue weighted by atomic mass is 32.2. The predicted octanol–water partition coefficient (Wildman–Crippen LogP) is 2.40. The van der Waals surface area contributed by atoms with Crippen molar-refractivity contribution in [2.24, 2.45) is 0 Å². The molecular weight excluding hydrogens is 364 g/mol. The van der Waals surface area contributed by atoms with Gasteiger partial charge < -0.3 is 14.8 Å². The van der Waals surface area contributed by atoms with Crippen molar-refractivity contribution in [2.75, 3.05) is 17.7 Å². The summed E-state index contributed by atoms with van der Waals surface area (Å²) >= 11 is 0. The zero-order chi connectivity index (χ0) is 18.4. The lowest BCUT2D eigenvalue weighted by atomic mass is 10.1. The van der Waals surface area contributed by atoms with E-state index in [1.807, 2.05) is 24.3 Å². The van der Waals surface area contributed by atoms with Gasteiger partial charge in [-0.05, 0) is 25.0 Å². The molecule has 0 amide bonds. The van der Waals surface area contributed by atoms with Crippen molar-refractivity contribution in [1.29, 1.82) is 0 Å². The standard InChI is InChI=1S/C19H18N4O3S/c24-11-19(6-7-19)23-17-15-14(5-10-27(15)25)21-16(22-17)12-1-3-13(4-2-12)18-20-8-9-26-18/h1-4,8-9,24H,5-7,10-11H2,(H,21,22,23)/t27-/m0/s1. The van der Waals surface area contributed by atoms with E-state index < -0.39 is 10.8 Å². The van der Waals surface area contributed by atoms with Gasteiger partial charge >= 0.3 is 0 Å². The Labute approximate surface area is 158 Å². The van der Waals surface area contributed by atoms with Crippen molar-refractivity contribution in [3.63, 3.8) is 0 Å². The van der Waals surface area contributed by atoms with E-state index in [1.165, 1.54) is 0 Å². The second-order valence-corrected chi connectivity index (χ2v) is 8.46. The van der Waals surface area contributed by atoms with Gasteiger partial charge in [0.2, 0.25) is 5.89 Å². The van der Waals surface area contributed by atoms with Crippen LogP contribution in [0.4, 0.5) is 5.82 Å². The van der Waals surface area contributed by atoms with Crippen LogP contribution in [0.3, 0.4) is 0 Å². The minimum atomic E-state index is -1.10. The minimum Gasteiger partial charge on any atom is -0.445 e. The molecule has 1 aliphatic carbocycles. The molecule has 0 spiro atoms. The van der Waals surface area contributed by atoms with E-state index in [-0.39, 0.29) is 12.1 Å². The summed E-state index contributed by atoms with van der Waals surface area (Å²) in [5.74, 6) is 2.31. The average molecular weight is 382 g/mol. The molecule has 2 N–H and O–H groups in total. The molecule has 7 nitrogen and oxygen atoms in total. The van der Waals surface area contributed by atoms with Gasteiger partial charge in [0.25, 0.3) is 0 Å². The number of oxazole rings is 1. The fraction of sp³-hybridized carbons (Fsp3) is 0.316. The molecule has 1 atom stereocenters. The van der Waals surface area contributed by atoms with Gasteiger partial charge in [0.15, 0.2) is 5.82 Å². The molecular formula is C19H18N4O3S. The Kier molecular flexibility index (Phi) is 3.84. The smallest absolute Gasteiger partial charge is 0.225 e. The summed E-state index contributed by atoms with van der Waals surface area (Å²) in [6.07, 6.45) is 5.59. The van der Waals surface area contributed by atoms with Crippen LogP contribution in [0, 0.1) is 0 Å². The quantitative estimate of drug-likeness (QED) is 0.699. The first kappa shape index (κ1) is 16.6. The van der Waals surface area contributed by atoms with E-state index in [2.05, 4.69) is 20.3 Å². The molecule has 0 radical (unpaired) electrons. The fourth-order valence-corrected chi connectivity index (χ4v) is 4.57. The molecule has 5 rings (SSSR count). The number of aliphatic hydroxyl groups excluding tert-OH is 1.